The molecule has 0 radical (unpaired) electrons. The zero-order valence-corrected chi connectivity index (χ0v) is 17.5. The number of nitrogens with one attached hydrogen (secondary N) is 2. The van der Waals surface area contributed by atoms with E-state index in [1.165, 1.54) is 21.5 Å². The van der Waals surface area contributed by atoms with Gasteiger partial charge < -0.3 is 20.1 Å². The van der Waals surface area contributed by atoms with E-state index in [2.05, 4.69) is 49.4 Å². The van der Waals surface area contributed by atoms with Gasteiger partial charge in [-0.15, -0.1) is 0 Å². The first-order valence-electron chi connectivity index (χ1n) is 10.0. The number of rotatable bonds is 5. The van der Waals surface area contributed by atoms with E-state index in [4.69, 9.17) is 0 Å². The molecule has 0 spiro atoms. The lowest BCUT2D eigenvalue weighted by Crippen LogP contribution is -2.33. The van der Waals surface area contributed by atoms with Gasteiger partial charge >= 0.3 is 0 Å². The maximum Gasteiger partial charge on any atom is 0.291 e. The molecule has 0 bridgehead atoms. The summed E-state index contributed by atoms with van der Waals surface area (Å²) in [7, 11) is 3.45. The highest BCUT2D eigenvalue weighted by atomic mass is 16.2. The molecular formula is C22H28N6O. The number of amides is 1. The van der Waals surface area contributed by atoms with Crippen LogP contribution in [-0.4, -0.2) is 59.0 Å². The van der Waals surface area contributed by atoms with E-state index in [-0.39, 0.29) is 11.7 Å². The minimum Gasteiger partial charge on any atom is -0.357 e. The molecule has 1 aliphatic heterocycles. The first-order chi connectivity index (χ1) is 13.9. The molecule has 3 aromatic rings. The number of carbonyl (C=O) groups is 1. The van der Waals surface area contributed by atoms with Crippen LogP contribution in [0.25, 0.3) is 10.9 Å². The van der Waals surface area contributed by atoms with Gasteiger partial charge in [0.25, 0.3) is 5.91 Å². The van der Waals surface area contributed by atoms with Crippen molar-refractivity contribution in [1.82, 2.24) is 25.2 Å². The molecule has 1 aromatic carbocycles. The molecule has 152 valence electrons. The van der Waals surface area contributed by atoms with Gasteiger partial charge in [-0.25, -0.2) is 9.97 Å². The number of anilines is 1. The Morgan fingerprint density at radius 3 is 2.83 bits per heavy atom. The summed E-state index contributed by atoms with van der Waals surface area (Å²) in [6.07, 6.45) is 1.04. The van der Waals surface area contributed by atoms with Crippen LogP contribution >= 0.6 is 0 Å². The second-order valence-electron chi connectivity index (χ2n) is 7.98. The van der Waals surface area contributed by atoms with E-state index in [1.807, 2.05) is 19.9 Å². The number of fused-ring (bicyclic) bond motifs is 1. The van der Waals surface area contributed by atoms with Crippen molar-refractivity contribution in [3.63, 3.8) is 0 Å². The third kappa shape index (κ3) is 3.96. The number of hydrogen-bond donors (Lipinski definition) is 2. The topological polar surface area (TPSA) is 77.2 Å². The first kappa shape index (κ1) is 19.4. The standard InChI is InChI=1S/C22H28N6O/c1-14-15(2)24-20(22(29)27(3)4)26-21(14)28-10-9-17(13-28)23-12-18-11-16-7-5-6-8-19(16)25-18/h5-8,11,17,23,25H,9-10,12-13H2,1-4H3/t17-/m1/s1. The smallest absolute Gasteiger partial charge is 0.291 e. The van der Waals surface area contributed by atoms with Crippen LogP contribution in [0.1, 0.15) is 34.0 Å². The minimum absolute atomic E-state index is 0.165. The molecule has 7 nitrogen and oxygen atoms in total. The van der Waals surface area contributed by atoms with Gasteiger partial charge in [-0.05, 0) is 37.8 Å². The maximum atomic E-state index is 12.3. The lowest BCUT2D eigenvalue weighted by Gasteiger charge is -2.22. The molecule has 0 unspecified atom stereocenters. The fraction of sp³-hybridized carbons (Fsp3) is 0.409. The van der Waals surface area contributed by atoms with Crippen molar-refractivity contribution in [1.29, 1.82) is 0 Å². The van der Waals surface area contributed by atoms with Crippen molar-refractivity contribution in [3.8, 4) is 0 Å². The Bertz CT molecular complexity index is 1010. The van der Waals surface area contributed by atoms with Crippen LogP contribution in [0, 0.1) is 13.8 Å². The van der Waals surface area contributed by atoms with E-state index < -0.39 is 0 Å². The molecule has 0 aliphatic carbocycles. The molecular weight excluding hydrogens is 364 g/mol. The van der Waals surface area contributed by atoms with E-state index in [0.29, 0.717) is 6.04 Å². The first-order valence-corrected chi connectivity index (χ1v) is 10.0. The van der Waals surface area contributed by atoms with Crippen LogP contribution in [0.3, 0.4) is 0 Å². The van der Waals surface area contributed by atoms with Crippen LogP contribution in [0.15, 0.2) is 30.3 Å². The van der Waals surface area contributed by atoms with E-state index >= 15 is 0 Å². The molecule has 2 aromatic heterocycles. The van der Waals surface area contributed by atoms with Gasteiger partial charge in [-0.2, -0.15) is 0 Å². The number of aryl methyl sites for hydroxylation is 1. The normalized spacial score (nSPS) is 16.6. The predicted molar refractivity (Wildman–Crippen MR) is 115 cm³/mol. The highest BCUT2D eigenvalue weighted by Gasteiger charge is 2.26. The van der Waals surface area contributed by atoms with Gasteiger partial charge in [0.1, 0.15) is 5.82 Å². The van der Waals surface area contributed by atoms with Crippen molar-refractivity contribution in [2.24, 2.45) is 0 Å². The molecule has 7 heteroatoms. The van der Waals surface area contributed by atoms with E-state index in [9.17, 15) is 4.79 Å². The molecule has 1 aliphatic rings. The molecule has 0 saturated carbocycles. The Hall–Kier alpha value is -2.93. The van der Waals surface area contributed by atoms with E-state index in [0.717, 1.165) is 43.1 Å². The molecule has 29 heavy (non-hydrogen) atoms. The Balaban J connectivity index is 1.44. The number of benzene rings is 1. The number of H-pyrrole nitrogens is 1. The summed E-state index contributed by atoms with van der Waals surface area (Å²) in [6.45, 7) is 6.55. The van der Waals surface area contributed by atoms with Crippen molar-refractivity contribution >= 4 is 22.6 Å². The summed E-state index contributed by atoms with van der Waals surface area (Å²) in [5.74, 6) is 0.974. The third-order valence-electron chi connectivity index (χ3n) is 5.62. The zero-order chi connectivity index (χ0) is 20.5. The number of aromatic nitrogens is 3. The highest BCUT2D eigenvalue weighted by molar-refractivity contribution is 5.90. The summed E-state index contributed by atoms with van der Waals surface area (Å²) in [6, 6.07) is 10.9. The Morgan fingerprint density at radius 1 is 1.28 bits per heavy atom. The predicted octanol–water partition coefficient (Wildman–Crippen LogP) is 2.65. The Labute approximate surface area is 171 Å². The lowest BCUT2D eigenvalue weighted by molar-refractivity contribution is 0.0815. The van der Waals surface area contributed by atoms with Gasteiger partial charge in [0, 0.05) is 62.2 Å². The SMILES string of the molecule is Cc1nc(C(=O)N(C)C)nc(N2CC[C@@H](NCc3cc4ccccc4[nH]3)C2)c1C. The number of carbonyl (C=O) groups excluding carboxylic acids is 1. The second kappa shape index (κ2) is 7.83. The number of nitrogens with zero attached hydrogens (tertiary/aromatic N) is 4. The zero-order valence-electron chi connectivity index (χ0n) is 17.5. The Kier molecular flexibility index (Phi) is 5.24. The molecule has 2 N–H and O–H groups in total. The third-order valence-corrected chi connectivity index (χ3v) is 5.62. The van der Waals surface area contributed by atoms with Crippen LogP contribution in [0.2, 0.25) is 0 Å². The molecule has 4 rings (SSSR count). The lowest BCUT2D eigenvalue weighted by atomic mass is 10.2. The fourth-order valence-corrected chi connectivity index (χ4v) is 3.82. The second-order valence-corrected chi connectivity index (χ2v) is 7.98. The van der Waals surface area contributed by atoms with Crippen LogP contribution < -0.4 is 10.2 Å². The summed E-state index contributed by atoms with van der Waals surface area (Å²) in [5.41, 5.74) is 4.26. The maximum absolute atomic E-state index is 12.3. The van der Waals surface area contributed by atoms with Crippen LogP contribution in [0.4, 0.5) is 5.82 Å². The number of hydrogen-bond acceptors (Lipinski definition) is 5. The van der Waals surface area contributed by atoms with E-state index in [1.54, 1.807) is 14.1 Å². The fourth-order valence-electron chi connectivity index (χ4n) is 3.82. The Morgan fingerprint density at radius 2 is 2.07 bits per heavy atom. The minimum atomic E-state index is -0.165. The summed E-state index contributed by atoms with van der Waals surface area (Å²) in [4.78, 5) is 28.6. The number of para-hydroxylation sites is 1. The van der Waals surface area contributed by atoms with Gasteiger partial charge in [-0.3, -0.25) is 4.79 Å². The average molecular weight is 393 g/mol. The van der Waals surface area contributed by atoms with Gasteiger partial charge in [-0.1, -0.05) is 18.2 Å². The van der Waals surface area contributed by atoms with Crippen LogP contribution in [0.5, 0.6) is 0 Å². The van der Waals surface area contributed by atoms with Crippen molar-refractivity contribution < 1.29 is 4.79 Å². The van der Waals surface area contributed by atoms with Crippen LogP contribution in [-0.2, 0) is 6.54 Å². The van der Waals surface area contributed by atoms with Gasteiger partial charge in [0.2, 0.25) is 5.82 Å². The molecule has 1 fully saturated rings. The monoisotopic (exact) mass is 392 g/mol. The molecule has 1 amide bonds. The summed E-state index contributed by atoms with van der Waals surface area (Å²) < 4.78 is 0. The quantitative estimate of drug-likeness (QED) is 0.698. The van der Waals surface area contributed by atoms with Crippen molar-refractivity contribution in [3.05, 3.63) is 53.1 Å². The average Bonchev–Trinajstić information content (AvgIpc) is 3.34. The van der Waals surface area contributed by atoms with Crippen molar-refractivity contribution in [2.45, 2.75) is 32.9 Å². The van der Waals surface area contributed by atoms with Crippen molar-refractivity contribution in [2.75, 3.05) is 32.1 Å². The highest BCUT2D eigenvalue weighted by Crippen LogP contribution is 2.24. The van der Waals surface area contributed by atoms with Gasteiger partial charge in [0.05, 0.1) is 0 Å². The summed E-state index contributed by atoms with van der Waals surface area (Å²) in [5, 5.41) is 4.90. The van der Waals surface area contributed by atoms with Gasteiger partial charge in [0.15, 0.2) is 0 Å². The summed E-state index contributed by atoms with van der Waals surface area (Å²) >= 11 is 0. The largest absolute Gasteiger partial charge is 0.357 e. The number of aromatic amines is 1. The molecule has 1 saturated heterocycles. The molecule has 1 atom stereocenters. The molecule has 3 heterocycles.